The first kappa shape index (κ1) is 9.59. The van der Waals surface area contributed by atoms with Crippen LogP contribution in [0.25, 0.3) is 0 Å². The van der Waals surface area contributed by atoms with Crippen LogP contribution in [-0.2, 0) is 13.1 Å². The third kappa shape index (κ3) is 1.63. The number of aromatic nitrogens is 4. The molecule has 16 heavy (non-hydrogen) atoms. The maximum atomic E-state index is 5.82. The normalized spacial score (nSPS) is 14.9. The Morgan fingerprint density at radius 3 is 3.06 bits per heavy atom. The first-order valence-corrected chi connectivity index (χ1v) is 5.43. The van der Waals surface area contributed by atoms with Crippen LogP contribution in [0.4, 0.5) is 5.82 Å². The molecular formula is C10H10ClN5. The summed E-state index contributed by atoms with van der Waals surface area (Å²) in [6, 6.07) is 0. The predicted octanol–water partition coefficient (Wildman–Crippen LogP) is 1.35. The van der Waals surface area contributed by atoms with Crippen LogP contribution >= 0.6 is 11.6 Å². The van der Waals surface area contributed by atoms with Crippen LogP contribution in [0.5, 0.6) is 0 Å². The van der Waals surface area contributed by atoms with Crippen molar-refractivity contribution in [1.82, 2.24) is 19.5 Å². The van der Waals surface area contributed by atoms with Crippen molar-refractivity contribution in [2.45, 2.75) is 13.1 Å². The van der Waals surface area contributed by atoms with E-state index in [0.717, 1.165) is 31.3 Å². The summed E-state index contributed by atoms with van der Waals surface area (Å²) in [6.45, 7) is 2.57. The van der Waals surface area contributed by atoms with Gasteiger partial charge in [-0.05, 0) is 0 Å². The van der Waals surface area contributed by atoms with Crippen LogP contribution in [0, 0.1) is 0 Å². The predicted molar refractivity (Wildman–Crippen MR) is 60.3 cm³/mol. The zero-order valence-corrected chi connectivity index (χ0v) is 9.30. The van der Waals surface area contributed by atoms with Crippen LogP contribution in [0.3, 0.4) is 0 Å². The molecule has 6 heteroatoms. The second kappa shape index (κ2) is 3.75. The molecule has 2 aromatic heterocycles. The highest BCUT2D eigenvalue weighted by Crippen LogP contribution is 2.18. The van der Waals surface area contributed by atoms with E-state index >= 15 is 0 Å². The van der Waals surface area contributed by atoms with E-state index < -0.39 is 0 Å². The maximum Gasteiger partial charge on any atom is 0.149 e. The van der Waals surface area contributed by atoms with E-state index in [1.165, 1.54) is 6.20 Å². The second-order valence-electron chi connectivity index (χ2n) is 3.66. The van der Waals surface area contributed by atoms with E-state index in [1.807, 2.05) is 12.4 Å². The van der Waals surface area contributed by atoms with Gasteiger partial charge in [0.2, 0.25) is 0 Å². The summed E-state index contributed by atoms with van der Waals surface area (Å²) in [5.74, 6) is 1.86. The molecule has 0 atom stereocenters. The van der Waals surface area contributed by atoms with Crippen LogP contribution < -0.4 is 4.90 Å². The van der Waals surface area contributed by atoms with Crippen LogP contribution in [0.2, 0.25) is 5.15 Å². The van der Waals surface area contributed by atoms with Crippen LogP contribution in [0.1, 0.15) is 5.82 Å². The monoisotopic (exact) mass is 235 g/mol. The number of imidazole rings is 1. The molecule has 3 rings (SSSR count). The number of nitrogens with zero attached hydrogens (tertiary/aromatic N) is 5. The molecule has 0 fully saturated rings. The van der Waals surface area contributed by atoms with Crippen molar-refractivity contribution in [1.29, 1.82) is 0 Å². The fraction of sp³-hybridized carbons (Fsp3) is 0.300. The zero-order valence-electron chi connectivity index (χ0n) is 8.54. The topological polar surface area (TPSA) is 46.8 Å². The lowest BCUT2D eigenvalue weighted by atomic mass is 10.3. The highest BCUT2D eigenvalue weighted by molar-refractivity contribution is 6.29. The molecule has 0 bridgehead atoms. The Morgan fingerprint density at radius 1 is 1.25 bits per heavy atom. The molecule has 3 heterocycles. The average molecular weight is 236 g/mol. The van der Waals surface area contributed by atoms with Gasteiger partial charge in [-0.15, -0.1) is 0 Å². The Kier molecular flexibility index (Phi) is 2.25. The molecule has 2 aromatic rings. The minimum Gasteiger partial charge on any atom is -0.346 e. The highest BCUT2D eigenvalue weighted by Gasteiger charge is 2.17. The summed E-state index contributed by atoms with van der Waals surface area (Å²) >= 11 is 5.82. The standard InChI is InChI=1S/C10H10ClN5/c11-8-5-12-6-9(14-8)16-4-3-15-2-1-13-10(15)7-16/h1-2,5-6H,3-4,7H2. The Hall–Kier alpha value is -1.62. The molecule has 0 aromatic carbocycles. The number of fused-ring (bicyclic) bond motifs is 1. The molecule has 0 N–H and O–H groups in total. The maximum absolute atomic E-state index is 5.82. The molecule has 0 unspecified atom stereocenters. The smallest absolute Gasteiger partial charge is 0.149 e. The Labute approximate surface area is 97.7 Å². The van der Waals surface area contributed by atoms with E-state index in [4.69, 9.17) is 11.6 Å². The van der Waals surface area contributed by atoms with E-state index in [2.05, 4.69) is 24.4 Å². The van der Waals surface area contributed by atoms with Gasteiger partial charge < -0.3 is 9.47 Å². The molecule has 82 valence electrons. The van der Waals surface area contributed by atoms with Gasteiger partial charge in [0.05, 0.1) is 18.9 Å². The Morgan fingerprint density at radius 2 is 2.19 bits per heavy atom. The van der Waals surface area contributed by atoms with Crippen molar-refractivity contribution in [3.63, 3.8) is 0 Å². The van der Waals surface area contributed by atoms with Crippen molar-refractivity contribution >= 4 is 17.4 Å². The molecule has 0 aliphatic carbocycles. The number of anilines is 1. The summed E-state index contributed by atoms with van der Waals surface area (Å²) in [5, 5.41) is 0.423. The van der Waals surface area contributed by atoms with Gasteiger partial charge in [0, 0.05) is 25.5 Å². The van der Waals surface area contributed by atoms with E-state index in [1.54, 1.807) is 6.20 Å². The quantitative estimate of drug-likeness (QED) is 0.749. The fourth-order valence-corrected chi connectivity index (χ4v) is 2.00. The summed E-state index contributed by atoms with van der Waals surface area (Å²) in [4.78, 5) is 14.7. The summed E-state index contributed by atoms with van der Waals surface area (Å²) < 4.78 is 2.15. The number of halogens is 1. The van der Waals surface area contributed by atoms with E-state index in [9.17, 15) is 0 Å². The lowest BCUT2D eigenvalue weighted by Crippen LogP contribution is -2.34. The summed E-state index contributed by atoms with van der Waals surface area (Å²) in [7, 11) is 0. The minimum absolute atomic E-state index is 0.423. The Balaban J connectivity index is 1.88. The molecule has 5 nitrogen and oxygen atoms in total. The van der Waals surface area contributed by atoms with Gasteiger partial charge >= 0.3 is 0 Å². The third-order valence-corrected chi connectivity index (χ3v) is 2.84. The fourth-order valence-electron chi connectivity index (χ4n) is 1.85. The Bertz CT molecular complexity index is 509. The SMILES string of the molecule is Clc1cncc(N2CCn3ccnc3C2)n1. The molecule has 0 amide bonds. The highest BCUT2D eigenvalue weighted by atomic mass is 35.5. The molecular weight excluding hydrogens is 226 g/mol. The molecule has 1 aliphatic heterocycles. The number of rotatable bonds is 1. The first-order valence-electron chi connectivity index (χ1n) is 5.05. The minimum atomic E-state index is 0.423. The van der Waals surface area contributed by atoms with Crippen molar-refractivity contribution in [3.8, 4) is 0 Å². The number of hydrogen-bond acceptors (Lipinski definition) is 4. The van der Waals surface area contributed by atoms with E-state index in [0.29, 0.717) is 5.15 Å². The van der Waals surface area contributed by atoms with Gasteiger partial charge in [-0.1, -0.05) is 11.6 Å². The summed E-state index contributed by atoms with van der Waals surface area (Å²) in [5.41, 5.74) is 0. The van der Waals surface area contributed by atoms with Gasteiger partial charge in [0.15, 0.2) is 0 Å². The van der Waals surface area contributed by atoms with Gasteiger partial charge in [0.1, 0.15) is 16.8 Å². The molecule has 0 radical (unpaired) electrons. The van der Waals surface area contributed by atoms with Crippen molar-refractivity contribution in [2.75, 3.05) is 11.4 Å². The largest absolute Gasteiger partial charge is 0.346 e. The molecule has 0 saturated heterocycles. The lowest BCUT2D eigenvalue weighted by molar-refractivity contribution is 0.555. The van der Waals surface area contributed by atoms with Gasteiger partial charge in [-0.2, -0.15) is 0 Å². The van der Waals surface area contributed by atoms with Crippen molar-refractivity contribution < 1.29 is 0 Å². The van der Waals surface area contributed by atoms with Gasteiger partial charge in [0.25, 0.3) is 0 Å². The second-order valence-corrected chi connectivity index (χ2v) is 4.05. The third-order valence-electron chi connectivity index (χ3n) is 2.66. The molecule has 0 saturated carbocycles. The zero-order chi connectivity index (χ0) is 11.0. The lowest BCUT2D eigenvalue weighted by Gasteiger charge is -2.28. The summed E-state index contributed by atoms with van der Waals surface area (Å²) in [6.07, 6.45) is 7.08. The molecule has 1 aliphatic rings. The van der Waals surface area contributed by atoms with Crippen LogP contribution in [-0.4, -0.2) is 26.1 Å². The van der Waals surface area contributed by atoms with Crippen molar-refractivity contribution in [2.24, 2.45) is 0 Å². The van der Waals surface area contributed by atoms with Gasteiger partial charge in [-0.3, -0.25) is 4.98 Å². The van der Waals surface area contributed by atoms with Crippen molar-refractivity contribution in [3.05, 3.63) is 35.8 Å². The van der Waals surface area contributed by atoms with Crippen LogP contribution in [0.15, 0.2) is 24.8 Å². The molecule has 0 spiro atoms. The van der Waals surface area contributed by atoms with Gasteiger partial charge in [-0.25, -0.2) is 9.97 Å². The van der Waals surface area contributed by atoms with E-state index in [-0.39, 0.29) is 0 Å². The average Bonchev–Trinajstić information content (AvgIpc) is 2.75. The number of hydrogen-bond donors (Lipinski definition) is 0. The first-order chi connectivity index (χ1) is 7.83.